The summed E-state index contributed by atoms with van der Waals surface area (Å²) in [6.45, 7) is 5.69. The molecule has 1 aromatic carbocycles. The normalized spacial score (nSPS) is 12.0. The average molecular weight is 284 g/mol. The van der Waals surface area contributed by atoms with Gasteiger partial charge < -0.3 is 10.1 Å². The molecule has 0 heterocycles. The molecule has 7 heteroatoms. The van der Waals surface area contributed by atoms with Crippen molar-refractivity contribution in [2.75, 3.05) is 13.2 Å². The monoisotopic (exact) mass is 284 g/mol. The van der Waals surface area contributed by atoms with E-state index in [2.05, 4.69) is 5.32 Å². The minimum atomic E-state index is -0.753. The van der Waals surface area contributed by atoms with Gasteiger partial charge in [-0.05, 0) is 26.3 Å². The van der Waals surface area contributed by atoms with E-state index in [9.17, 15) is 19.3 Å². The van der Waals surface area contributed by atoms with Gasteiger partial charge in [-0.1, -0.05) is 0 Å². The molecule has 0 spiro atoms. The lowest BCUT2D eigenvalue weighted by atomic mass is 10.1. The zero-order valence-corrected chi connectivity index (χ0v) is 11.6. The fourth-order valence-corrected chi connectivity index (χ4v) is 1.66. The number of hydrogen-bond acceptors (Lipinski definition) is 4. The molecule has 0 aliphatic carbocycles. The molecule has 0 aliphatic heterocycles. The van der Waals surface area contributed by atoms with E-state index in [1.807, 2.05) is 6.92 Å². The zero-order valence-electron chi connectivity index (χ0n) is 11.6. The highest BCUT2D eigenvalue weighted by Crippen LogP contribution is 2.21. The number of nitrogens with zero attached hydrogens (tertiary/aromatic N) is 1. The van der Waals surface area contributed by atoms with E-state index in [1.165, 1.54) is 6.92 Å². The lowest BCUT2D eigenvalue weighted by Crippen LogP contribution is -2.36. The number of hydrogen-bond donors (Lipinski definition) is 1. The standard InChI is InChI=1S/C13H17FN2O4/c1-4-20-7-9(3)15-13(17)11-6-10(16(18)19)5-8(2)12(11)14/h5-6,9H,4,7H2,1-3H3,(H,15,17). The first-order valence-electron chi connectivity index (χ1n) is 6.20. The van der Waals surface area contributed by atoms with E-state index in [0.29, 0.717) is 6.61 Å². The number of carbonyl (C=O) groups excluding carboxylic acids is 1. The molecular weight excluding hydrogens is 267 g/mol. The third-order valence-electron chi connectivity index (χ3n) is 2.64. The molecule has 1 N–H and O–H groups in total. The Morgan fingerprint density at radius 3 is 2.75 bits per heavy atom. The van der Waals surface area contributed by atoms with Crippen molar-refractivity contribution < 1.29 is 18.8 Å². The maximum absolute atomic E-state index is 13.9. The summed E-state index contributed by atoms with van der Waals surface area (Å²) in [5.41, 5.74) is -0.589. The summed E-state index contributed by atoms with van der Waals surface area (Å²) >= 11 is 0. The first-order valence-corrected chi connectivity index (χ1v) is 6.20. The van der Waals surface area contributed by atoms with Crippen molar-refractivity contribution in [1.82, 2.24) is 5.32 Å². The number of nitro benzene ring substituents is 1. The number of carbonyl (C=O) groups is 1. The molecule has 110 valence electrons. The van der Waals surface area contributed by atoms with Crippen LogP contribution in [0.5, 0.6) is 0 Å². The Labute approximate surface area is 116 Å². The minimum absolute atomic E-state index is 0.0572. The highest BCUT2D eigenvalue weighted by molar-refractivity contribution is 5.95. The van der Waals surface area contributed by atoms with Gasteiger partial charge in [-0.2, -0.15) is 0 Å². The van der Waals surface area contributed by atoms with Crippen LogP contribution in [0.2, 0.25) is 0 Å². The van der Waals surface area contributed by atoms with Crippen LogP contribution in [0.25, 0.3) is 0 Å². The summed E-state index contributed by atoms with van der Waals surface area (Å²) in [7, 11) is 0. The van der Waals surface area contributed by atoms with Gasteiger partial charge in [0.1, 0.15) is 5.82 Å². The lowest BCUT2D eigenvalue weighted by Gasteiger charge is -2.14. The van der Waals surface area contributed by atoms with Crippen LogP contribution in [0.4, 0.5) is 10.1 Å². The van der Waals surface area contributed by atoms with Crippen LogP contribution < -0.4 is 5.32 Å². The fourth-order valence-electron chi connectivity index (χ4n) is 1.66. The van der Waals surface area contributed by atoms with E-state index < -0.39 is 16.6 Å². The third-order valence-corrected chi connectivity index (χ3v) is 2.64. The highest BCUT2D eigenvalue weighted by Gasteiger charge is 2.20. The van der Waals surface area contributed by atoms with E-state index in [4.69, 9.17) is 4.74 Å². The second kappa shape index (κ2) is 6.95. The number of non-ortho nitro benzene ring substituents is 1. The number of ether oxygens (including phenoxy) is 1. The fraction of sp³-hybridized carbons (Fsp3) is 0.462. The van der Waals surface area contributed by atoms with Crippen LogP contribution in [-0.4, -0.2) is 30.1 Å². The molecule has 0 fully saturated rings. The quantitative estimate of drug-likeness (QED) is 0.641. The smallest absolute Gasteiger partial charge is 0.270 e. The van der Waals surface area contributed by atoms with Crippen LogP contribution in [0, 0.1) is 22.9 Å². The molecule has 1 rings (SSSR count). The summed E-state index contributed by atoms with van der Waals surface area (Å²) in [4.78, 5) is 22.0. The SMILES string of the molecule is CCOCC(C)NC(=O)c1cc([N+](=O)[O-])cc(C)c1F. The molecular formula is C13H17FN2O4. The van der Waals surface area contributed by atoms with Crippen LogP contribution in [0.15, 0.2) is 12.1 Å². The lowest BCUT2D eigenvalue weighted by molar-refractivity contribution is -0.385. The van der Waals surface area contributed by atoms with Gasteiger partial charge in [-0.15, -0.1) is 0 Å². The molecule has 0 aromatic heterocycles. The molecule has 0 saturated carbocycles. The van der Waals surface area contributed by atoms with E-state index in [0.717, 1.165) is 12.1 Å². The summed E-state index contributed by atoms with van der Waals surface area (Å²) in [5, 5.41) is 13.3. The molecule has 1 aromatic rings. The molecule has 1 atom stereocenters. The van der Waals surface area contributed by atoms with Crippen molar-refractivity contribution >= 4 is 11.6 Å². The zero-order chi connectivity index (χ0) is 15.3. The molecule has 1 amide bonds. The molecule has 0 radical (unpaired) electrons. The van der Waals surface area contributed by atoms with Gasteiger partial charge in [0, 0.05) is 24.8 Å². The van der Waals surface area contributed by atoms with Gasteiger partial charge in [0.15, 0.2) is 0 Å². The Kier molecular flexibility index (Phi) is 5.57. The maximum atomic E-state index is 13.9. The second-order valence-electron chi connectivity index (χ2n) is 4.42. The molecule has 20 heavy (non-hydrogen) atoms. The Balaban J connectivity index is 2.94. The van der Waals surface area contributed by atoms with Gasteiger partial charge in [-0.3, -0.25) is 14.9 Å². The van der Waals surface area contributed by atoms with Gasteiger partial charge in [-0.25, -0.2) is 4.39 Å². The number of nitrogens with one attached hydrogen (secondary N) is 1. The predicted octanol–water partition coefficient (Wildman–Crippen LogP) is 2.20. The molecule has 0 saturated heterocycles. The second-order valence-corrected chi connectivity index (χ2v) is 4.42. The van der Waals surface area contributed by atoms with Crippen LogP contribution in [-0.2, 0) is 4.74 Å². The van der Waals surface area contributed by atoms with Crippen LogP contribution in [0.3, 0.4) is 0 Å². The number of nitro groups is 1. The number of aryl methyl sites for hydroxylation is 1. The summed E-state index contributed by atoms with van der Waals surface area (Å²) < 4.78 is 19.0. The average Bonchev–Trinajstić information content (AvgIpc) is 2.38. The summed E-state index contributed by atoms with van der Waals surface area (Å²) in [6.07, 6.45) is 0. The first kappa shape index (κ1) is 16.0. The molecule has 6 nitrogen and oxygen atoms in total. The van der Waals surface area contributed by atoms with Crippen molar-refractivity contribution in [3.05, 3.63) is 39.2 Å². The first-order chi connectivity index (χ1) is 9.36. The summed E-state index contributed by atoms with van der Waals surface area (Å²) in [5.74, 6) is -1.45. The van der Waals surface area contributed by atoms with E-state index in [1.54, 1.807) is 6.92 Å². The summed E-state index contributed by atoms with van der Waals surface area (Å²) in [6, 6.07) is 1.71. The van der Waals surface area contributed by atoms with Crippen LogP contribution >= 0.6 is 0 Å². The molecule has 1 unspecified atom stereocenters. The van der Waals surface area contributed by atoms with Gasteiger partial charge >= 0.3 is 0 Å². The number of rotatable bonds is 6. The Morgan fingerprint density at radius 2 is 2.20 bits per heavy atom. The van der Waals surface area contributed by atoms with Crippen molar-refractivity contribution in [2.24, 2.45) is 0 Å². The number of benzene rings is 1. The van der Waals surface area contributed by atoms with E-state index >= 15 is 0 Å². The van der Waals surface area contributed by atoms with Gasteiger partial charge in [0.2, 0.25) is 0 Å². The van der Waals surface area contributed by atoms with Crippen molar-refractivity contribution in [3.63, 3.8) is 0 Å². The maximum Gasteiger partial charge on any atom is 0.270 e. The number of halogens is 1. The Morgan fingerprint density at radius 1 is 1.55 bits per heavy atom. The molecule has 0 bridgehead atoms. The van der Waals surface area contributed by atoms with E-state index in [-0.39, 0.29) is 29.5 Å². The van der Waals surface area contributed by atoms with Crippen molar-refractivity contribution in [1.29, 1.82) is 0 Å². The van der Waals surface area contributed by atoms with Crippen LogP contribution in [0.1, 0.15) is 29.8 Å². The van der Waals surface area contributed by atoms with Gasteiger partial charge in [0.25, 0.3) is 11.6 Å². The topological polar surface area (TPSA) is 81.5 Å². The molecule has 0 aliphatic rings. The largest absolute Gasteiger partial charge is 0.380 e. The Bertz CT molecular complexity index is 519. The van der Waals surface area contributed by atoms with Crippen molar-refractivity contribution in [2.45, 2.75) is 26.8 Å². The van der Waals surface area contributed by atoms with Gasteiger partial charge in [0.05, 0.1) is 17.1 Å². The predicted molar refractivity (Wildman–Crippen MR) is 71.2 cm³/mol. The minimum Gasteiger partial charge on any atom is -0.380 e. The van der Waals surface area contributed by atoms with Crippen molar-refractivity contribution in [3.8, 4) is 0 Å². The Hall–Kier alpha value is -2.02. The third kappa shape index (κ3) is 3.99. The highest BCUT2D eigenvalue weighted by atomic mass is 19.1. The number of amides is 1.